The zero-order valence-corrected chi connectivity index (χ0v) is 14.9. The van der Waals surface area contributed by atoms with Gasteiger partial charge < -0.3 is 10.6 Å². The third-order valence-corrected chi connectivity index (χ3v) is 6.07. The molecule has 8 heteroatoms. The molecular weight excluding hydrogens is 330 g/mol. The fourth-order valence-corrected chi connectivity index (χ4v) is 4.36. The number of rotatable bonds is 5. The van der Waals surface area contributed by atoms with Crippen LogP contribution in [0, 0.1) is 5.92 Å². The van der Waals surface area contributed by atoms with Crippen molar-refractivity contribution in [2.75, 3.05) is 20.1 Å². The predicted molar refractivity (Wildman–Crippen MR) is 89.7 cm³/mol. The largest absolute Gasteiger partial charge is 0.359 e. The highest BCUT2D eigenvalue weighted by atomic mass is 32.2. The number of benzene rings is 1. The molecule has 0 radical (unpaired) electrons. The van der Waals surface area contributed by atoms with Gasteiger partial charge in [0.05, 0.1) is 16.9 Å². The van der Waals surface area contributed by atoms with Crippen molar-refractivity contribution in [3.63, 3.8) is 0 Å². The Morgan fingerprint density at radius 1 is 1.21 bits per heavy atom. The zero-order valence-electron chi connectivity index (χ0n) is 14.1. The highest BCUT2D eigenvalue weighted by Crippen LogP contribution is 2.25. The summed E-state index contributed by atoms with van der Waals surface area (Å²) in [6.45, 7) is 3.47. The van der Waals surface area contributed by atoms with Crippen LogP contribution in [0.3, 0.4) is 0 Å². The van der Waals surface area contributed by atoms with Crippen molar-refractivity contribution in [1.82, 2.24) is 14.9 Å². The van der Waals surface area contributed by atoms with Gasteiger partial charge in [-0.15, -0.1) is 0 Å². The van der Waals surface area contributed by atoms with Crippen molar-refractivity contribution in [1.29, 1.82) is 0 Å². The molecule has 0 aromatic heterocycles. The molecule has 2 rings (SSSR count). The van der Waals surface area contributed by atoms with E-state index >= 15 is 0 Å². The number of carbonyl (C=O) groups excluding carboxylic acids is 2. The van der Waals surface area contributed by atoms with Gasteiger partial charge in [-0.2, -0.15) is 4.31 Å². The lowest BCUT2D eigenvalue weighted by molar-refractivity contribution is -0.125. The first-order valence-corrected chi connectivity index (χ1v) is 9.31. The number of aryl methyl sites for hydroxylation is 1. The normalized spacial score (nSPS) is 21.5. The van der Waals surface area contributed by atoms with Crippen molar-refractivity contribution >= 4 is 21.8 Å². The summed E-state index contributed by atoms with van der Waals surface area (Å²) in [5.41, 5.74) is 1.05. The molecule has 2 N–H and O–H groups in total. The second-order valence-electron chi connectivity index (χ2n) is 5.85. The van der Waals surface area contributed by atoms with Crippen LogP contribution in [-0.4, -0.2) is 50.7 Å². The van der Waals surface area contributed by atoms with Gasteiger partial charge in [-0.1, -0.05) is 19.1 Å². The van der Waals surface area contributed by atoms with E-state index in [4.69, 9.17) is 0 Å². The van der Waals surface area contributed by atoms with Crippen LogP contribution < -0.4 is 10.6 Å². The van der Waals surface area contributed by atoms with E-state index in [1.165, 1.54) is 18.3 Å². The first-order chi connectivity index (χ1) is 11.3. The van der Waals surface area contributed by atoms with E-state index in [-0.39, 0.29) is 29.8 Å². The molecule has 1 aromatic rings. The molecule has 0 spiro atoms. The van der Waals surface area contributed by atoms with E-state index in [2.05, 4.69) is 10.6 Å². The molecule has 1 saturated heterocycles. The maximum Gasteiger partial charge on any atom is 0.243 e. The number of amides is 2. The molecule has 1 aromatic carbocycles. The summed E-state index contributed by atoms with van der Waals surface area (Å²) in [6, 6.07) is 6.19. The Balaban J connectivity index is 2.26. The van der Waals surface area contributed by atoms with Gasteiger partial charge in [0.2, 0.25) is 21.8 Å². The summed E-state index contributed by atoms with van der Waals surface area (Å²) in [6.07, 6.45) is 0.827. The van der Waals surface area contributed by atoms with Crippen LogP contribution in [0.15, 0.2) is 29.2 Å². The second kappa shape index (κ2) is 7.31. The zero-order chi connectivity index (χ0) is 17.9. The first-order valence-electron chi connectivity index (χ1n) is 7.87. The molecule has 24 heavy (non-hydrogen) atoms. The van der Waals surface area contributed by atoms with Crippen LogP contribution in [0.4, 0.5) is 0 Å². The molecule has 1 heterocycles. The van der Waals surface area contributed by atoms with Crippen molar-refractivity contribution < 1.29 is 18.0 Å². The summed E-state index contributed by atoms with van der Waals surface area (Å²) in [4.78, 5) is 23.6. The van der Waals surface area contributed by atoms with E-state index in [1.54, 1.807) is 24.3 Å². The third kappa shape index (κ3) is 3.76. The Bertz CT molecular complexity index is 715. The Labute approximate surface area is 142 Å². The maximum atomic E-state index is 12.8. The van der Waals surface area contributed by atoms with E-state index in [0.717, 1.165) is 12.0 Å². The van der Waals surface area contributed by atoms with Crippen molar-refractivity contribution in [3.8, 4) is 0 Å². The number of hydrogen-bond acceptors (Lipinski definition) is 4. The van der Waals surface area contributed by atoms with Gasteiger partial charge >= 0.3 is 0 Å². The van der Waals surface area contributed by atoms with Crippen LogP contribution in [0.25, 0.3) is 0 Å². The Morgan fingerprint density at radius 2 is 1.83 bits per heavy atom. The molecule has 0 bridgehead atoms. The van der Waals surface area contributed by atoms with Crippen LogP contribution in [-0.2, 0) is 26.0 Å². The van der Waals surface area contributed by atoms with Gasteiger partial charge in [0.25, 0.3) is 0 Å². The van der Waals surface area contributed by atoms with Gasteiger partial charge in [-0.25, -0.2) is 8.42 Å². The molecule has 2 amide bonds. The molecule has 0 unspecified atom stereocenters. The average molecular weight is 353 g/mol. The Hall–Kier alpha value is -1.93. The Kier molecular flexibility index (Phi) is 5.61. The summed E-state index contributed by atoms with van der Waals surface area (Å²) >= 11 is 0. The summed E-state index contributed by atoms with van der Waals surface area (Å²) in [5, 5.41) is 5.20. The number of nitrogens with one attached hydrogen (secondary N) is 2. The third-order valence-electron chi connectivity index (χ3n) is 4.23. The van der Waals surface area contributed by atoms with Crippen LogP contribution in [0.5, 0.6) is 0 Å². The van der Waals surface area contributed by atoms with E-state index in [0.29, 0.717) is 0 Å². The lowest BCUT2D eigenvalue weighted by Gasteiger charge is -2.17. The number of sulfonamides is 1. The number of carbonyl (C=O) groups is 2. The molecule has 0 saturated carbocycles. The van der Waals surface area contributed by atoms with Gasteiger partial charge in [0.1, 0.15) is 0 Å². The van der Waals surface area contributed by atoms with E-state index in [9.17, 15) is 18.0 Å². The minimum absolute atomic E-state index is 0.0441. The quantitative estimate of drug-likeness (QED) is 0.786. The lowest BCUT2D eigenvalue weighted by Crippen LogP contribution is -2.44. The minimum atomic E-state index is -3.71. The summed E-state index contributed by atoms with van der Waals surface area (Å²) in [7, 11) is -2.21. The molecule has 1 aliphatic rings. The molecule has 2 atom stereocenters. The molecular formula is C16H23N3O4S. The van der Waals surface area contributed by atoms with Crippen molar-refractivity contribution in [2.45, 2.75) is 31.2 Å². The highest BCUT2D eigenvalue weighted by Gasteiger charge is 2.42. The van der Waals surface area contributed by atoms with Crippen LogP contribution in [0.2, 0.25) is 0 Å². The first kappa shape index (κ1) is 18.4. The topological polar surface area (TPSA) is 95.6 Å². The Morgan fingerprint density at radius 3 is 2.33 bits per heavy atom. The predicted octanol–water partition coefficient (Wildman–Crippen LogP) is 0.120. The molecule has 0 aliphatic carbocycles. The van der Waals surface area contributed by atoms with E-state index < -0.39 is 22.0 Å². The van der Waals surface area contributed by atoms with Crippen molar-refractivity contribution in [2.24, 2.45) is 5.92 Å². The number of hydrogen-bond donors (Lipinski definition) is 2. The summed E-state index contributed by atoms with van der Waals surface area (Å²) in [5.74, 6) is -1.18. The average Bonchev–Trinajstić information content (AvgIpc) is 2.98. The molecule has 132 valence electrons. The van der Waals surface area contributed by atoms with Crippen LogP contribution >= 0.6 is 0 Å². The summed E-state index contributed by atoms with van der Waals surface area (Å²) < 4.78 is 26.9. The monoisotopic (exact) mass is 353 g/mol. The van der Waals surface area contributed by atoms with Gasteiger partial charge in [0.15, 0.2) is 0 Å². The fraction of sp³-hybridized carbons (Fsp3) is 0.500. The second-order valence-corrected chi connectivity index (χ2v) is 7.79. The van der Waals surface area contributed by atoms with Gasteiger partial charge in [-0.3, -0.25) is 9.59 Å². The smallest absolute Gasteiger partial charge is 0.243 e. The van der Waals surface area contributed by atoms with Gasteiger partial charge in [0, 0.05) is 27.1 Å². The standard InChI is InChI=1S/C16H23N3O4S/c1-4-12-5-7-13(8-6-12)24(22,23)19-9-14(16(21)17-3)15(10-19)18-11(2)20/h5-8,14-15H,4,9-10H2,1-3H3,(H,17,21)(H,18,20)/t14-,15-/m0/s1. The minimum Gasteiger partial charge on any atom is -0.359 e. The molecule has 7 nitrogen and oxygen atoms in total. The number of nitrogens with zero attached hydrogens (tertiary/aromatic N) is 1. The molecule has 1 aliphatic heterocycles. The van der Waals surface area contributed by atoms with Gasteiger partial charge in [-0.05, 0) is 24.1 Å². The highest BCUT2D eigenvalue weighted by molar-refractivity contribution is 7.89. The lowest BCUT2D eigenvalue weighted by atomic mass is 10.0. The fourth-order valence-electron chi connectivity index (χ4n) is 2.87. The SMILES string of the molecule is CCc1ccc(S(=O)(=O)N2C[C@H](NC(C)=O)[C@@H](C(=O)NC)C2)cc1. The van der Waals surface area contributed by atoms with Crippen molar-refractivity contribution in [3.05, 3.63) is 29.8 Å². The maximum absolute atomic E-state index is 12.8. The molecule has 1 fully saturated rings. The van der Waals surface area contributed by atoms with E-state index in [1.807, 2.05) is 6.92 Å². The van der Waals surface area contributed by atoms with Crippen LogP contribution in [0.1, 0.15) is 19.4 Å².